The summed E-state index contributed by atoms with van der Waals surface area (Å²) in [7, 11) is 0. The smallest absolute Gasteiger partial charge is 0.416 e. The summed E-state index contributed by atoms with van der Waals surface area (Å²) in [5.74, 6) is -2.64. The molecule has 2 rings (SSSR count). The van der Waals surface area contributed by atoms with Crippen LogP contribution in [0.3, 0.4) is 0 Å². The third-order valence-electron chi connectivity index (χ3n) is 3.35. The van der Waals surface area contributed by atoms with E-state index in [0.29, 0.717) is 12.1 Å². The average Bonchev–Trinajstić information content (AvgIpc) is 3.07. The number of carbonyl (C=O) groups is 1. The van der Waals surface area contributed by atoms with Gasteiger partial charge in [0.05, 0.1) is 5.56 Å². The van der Waals surface area contributed by atoms with Gasteiger partial charge >= 0.3 is 12.1 Å². The molecule has 104 valence electrons. The molecule has 0 saturated heterocycles. The maximum absolute atomic E-state index is 13.3. The Labute approximate surface area is 105 Å². The van der Waals surface area contributed by atoms with Crippen LogP contribution in [0.1, 0.15) is 24.0 Å². The van der Waals surface area contributed by atoms with Crippen LogP contribution in [-0.2, 0) is 16.4 Å². The molecule has 0 amide bonds. The van der Waals surface area contributed by atoms with Crippen molar-refractivity contribution in [2.24, 2.45) is 0 Å². The van der Waals surface area contributed by atoms with Gasteiger partial charge in [0, 0.05) is 5.41 Å². The van der Waals surface area contributed by atoms with Crippen molar-refractivity contribution < 1.29 is 32.6 Å². The molecule has 1 aromatic rings. The van der Waals surface area contributed by atoms with E-state index in [1.54, 1.807) is 0 Å². The predicted octanol–water partition coefficient (Wildman–Crippen LogP) is 2.32. The summed E-state index contributed by atoms with van der Waals surface area (Å²) in [6.45, 7) is 0. The molecule has 0 heterocycles. The van der Waals surface area contributed by atoms with Gasteiger partial charge in [0.1, 0.15) is 5.82 Å². The molecule has 1 unspecified atom stereocenters. The van der Waals surface area contributed by atoms with Crippen LogP contribution in [0.5, 0.6) is 0 Å². The van der Waals surface area contributed by atoms with E-state index in [2.05, 4.69) is 0 Å². The van der Waals surface area contributed by atoms with E-state index >= 15 is 0 Å². The molecule has 0 radical (unpaired) electrons. The number of benzene rings is 1. The van der Waals surface area contributed by atoms with E-state index in [4.69, 9.17) is 5.11 Å². The van der Waals surface area contributed by atoms with E-state index in [-0.39, 0.29) is 18.4 Å². The highest BCUT2D eigenvalue weighted by molar-refractivity contribution is 5.75. The minimum atomic E-state index is -4.72. The van der Waals surface area contributed by atoms with Gasteiger partial charge in [-0.2, -0.15) is 13.2 Å². The van der Waals surface area contributed by atoms with Crippen molar-refractivity contribution in [3.05, 3.63) is 35.1 Å². The van der Waals surface area contributed by atoms with Gasteiger partial charge in [0.25, 0.3) is 0 Å². The van der Waals surface area contributed by atoms with Crippen LogP contribution in [0.2, 0.25) is 0 Å². The Hall–Kier alpha value is -1.63. The highest BCUT2D eigenvalue weighted by Gasteiger charge is 2.54. The second-order valence-electron chi connectivity index (χ2n) is 4.62. The van der Waals surface area contributed by atoms with Crippen LogP contribution in [0.4, 0.5) is 17.6 Å². The Bertz CT molecular complexity index is 520. The number of carboxylic acid groups (broad SMARTS) is 1. The maximum Gasteiger partial charge on any atom is 0.416 e. The number of rotatable bonds is 3. The van der Waals surface area contributed by atoms with Crippen molar-refractivity contribution in [3.8, 4) is 0 Å². The molecular formula is C12H10F4O3. The topological polar surface area (TPSA) is 57.5 Å². The first-order valence-corrected chi connectivity index (χ1v) is 5.46. The van der Waals surface area contributed by atoms with Crippen molar-refractivity contribution in [2.75, 3.05) is 0 Å². The molecule has 0 aliphatic heterocycles. The second-order valence-corrected chi connectivity index (χ2v) is 4.62. The Morgan fingerprint density at radius 1 is 1.26 bits per heavy atom. The summed E-state index contributed by atoms with van der Waals surface area (Å²) in [6, 6.07) is 1.88. The average molecular weight is 278 g/mol. The quantitative estimate of drug-likeness (QED) is 0.834. The fourth-order valence-electron chi connectivity index (χ4n) is 2.13. The lowest BCUT2D eigenvalue weighted by molar-refractivity contribution is -0.148. The van der Waals surface area contributed by atoms with Crippen molar-refractivity contribution in [1.29, 1.82) is 0 Å². The van der Waals surface area contributed by atoms with Gasteiger partial charge in [0.15, 0.2) is 6.10 Å². The molecule has 1 fully saturated rings. The van der Waals surface area contributed by atoms with Crippen LogP contribution < -0.4 is 0 Å². The third kappa shape index (κ3) is 2.42. The zero-order valence-electron chi connectivity index (χ0n) is 9.54. The highest BCUT2D eigenvalue weighted by atomic mass is 19.4. The first-order valence-electron chi connectivity index (χ1n) is 5.46. The minimum absolute atomic E-state index is 0.130. The summed E-state index contributed by atoms with van der Waals surface area (Å²) in [4.78, 5) is 10.8. The van der Waals surface area contributed by atoms with E-state index in [1.807, 2.05) is 0 Å². The van der Waals surface area contributed by atoms with E-state index < -0.39 is 35.0 Å². The molecule has 1 atom stereocenters. The molecule has 1 aliphatic carbocycles. The first-order chi connectivity index (χ1) is 8.67. The van der Waals surface area contributed by atoms with E-state index in [9.17, 15) is 27.5 Å². The summed E-state index contributed by atoms with van der Waals surface area (Å²) < 4.78 is 51.0. The van der Waals surface area contributed by atoms with Gasteiger partial charge in [-0.05, 0) is 36.6 Å². The number of hydrogen-bond donors (Lipinski definition) is 2. The lowest BCUT2D eigenvalue weighted by Crippen LogP contribution is -2.34. The number of aliphatic hydroxyl groups excluding tert-OH is 1. The Morgan fingerprint density at radius 2 is 1.84 bits per heavy atom. The van der Waals surface area contributed by atoms with Crippen LogP contribution in [0.15, 0.2) is 18.2 Å². The van der Waals surface area contributed by atoms with Gasteiger partial charge in [-0.1, -0.05) is 0 Å². The number of hydrogen-bond acceptors (Lipinski definition) is 2. The molecule has 19 heavy (non-hydrogen) atoms. The fourth-order valence-corrected chi connectivity index (χ4v) is 2.13. The lowest BCUT2D eigenvalue weighted by atomic mass is 9.88. The Morgan fingerprint density at radius 3 is 2.26 bits per heavy atom. The van der Waals surface area contributed by atoms with Crippen LogP contribution in [-0.4, -0.2) is 22.3 Å². The summed E-state index contributed by atoms with van der Waals surface area (Å²) in [5.41, 5.74) is -2.63. The Balaban J connectivity index is 2.47. The van der Waals surface area contributed by atoms with Gasteiger partial charge in [-0.15, -0.1) is 0 Å². The second kappa shape index (κ2) is 4.19. The van der Waals surface area contributed by atoms with Crippen LogP contribution in [0.25, 0.3) is 0 Å². The largest absolute Gasteiger partial charge is 0.479 e. The number of carboxylic acids is 1. The van der Waals surface area contributed by atoms with Crippen LogP contribution in [0, 0.1) is 5.82 Å². The van der Waals surface area contributed by atoms with Gasteiger partial charge in [-0.25, -0.2) is 9.18 Å². The first kappa shape index (κ1) is 13.8. The van der Waals surface area contributed by atoms with Crippen molar-refractivity contribution in [2.45, 2.75) is 30.5 Å². The minimum Gasteiger partial charge on any atom is -0.479 e. The van der Waals surface area contributed by atoms with Gasteiger partial charge in [0.2, 0.25) is 0 Å². The number of aliphatic hydroxyl groups is 1. The van der Waals surface area contributed by atoms with E-state index in [0.717, 1.165) is 6.07 Å². The number of alkyl halides is 3. The highest BCUT2D eigenvalue weighted by Crippen LogP contribution is 2.52. The zero-order valence-corrected chi connectivity index (χ0v) is 9.54. The molecule has 3 nitrogen and oxygen atoms in total. The third-order valence-corrected chi connectivity index (χ3v) is 3.35. The molecule has 0 spiro atoms. The fraction of sp³-hybridized carbons (Fsp3) is 0.417. The molecule has 7 heteroatoms. The molecule has 1 saturated carbocycles. The summed E-state index contributed by atoms with van der Waals surface area (Å²) in [5, 5.41) is 18.3. The van der Waals surface area contributed by atoms with Gasteiger partial charge < -0.3 is 10.2 Å². The molecule has 2 N–H and O–H groups in total. The zero-order chi connectivity index (χ0) is 14.4. The van der Waals surface area contributed by atoms with Crippen molar-refractivity contribution in [3.63, 3.8) is 0 Å². The van der Waals surface area contributed by atoms with Crippen LogP contribution >= 0.6 is 0 Å². The SMILES string of the molecule is O=C(O)C(O)C1(c2cc(F)cc(C(F)(F)F)c2)CC1. The monoisotopic (exact) mass is 278 g/mol. The maximum atomic E-state index is 13.3. The summed E-state index contributed by atoms with van der Waals surface area (Å²) >= 11 is 0. The van der Waals surface area contributed by atoms with Crippen molar-refractivity contribution >= 4 is 5.97 Å². The predicted molar refractivity (Wildman–Crippen MR) is 56.0 cm³/mol. The molecule has 1 aliphatic rings. The number of aliphatic carboxylic acids is 1. The molecule has 1 aromatic carbocycles. The van der Waals surface area contributed by atoms with E-state index in [1.165, 1.54) is 0 Å². The molecular weight excluding hydrogens is 268 g/mol. The van der Waals surface area contributed by atoms with Gasteiger partial charge in [-0.3, -0.25) is 0 Å². The normalized spacial score (nSPS) is 19.0. The molecule has 0 bridgehead atoms. The standard InChI is InChI=1S/C12H10F4O3/c13-8-4-6(3-7(5-8)12(14,15)16)11(1-2-11)9(17)10(18)19/h3-5,9,17H,1-2H2,(H,18,19). The summed E-state index contributed by atoms with van der Waals surface area (Å²) in [6.07, 6.45) is -6.14. The number of halogens is 4. The molecule has 0 aromatic heterocycles. The lowest BCUT2D eigenvalue weighted by Gasteiger charge is -2.20. The van der Waals surface area contributed by atoms with Crippen molar-refractivity contribution in [1.82, 2.24) is 0 Å². The Kier molecular flexibility index (Phi) is 3.04.